The SMILES string of the molecule is Cc1ccc(NC(=O)[C@@H]2[C@@H]3C[C@@H]4[C@@H]2C(=O)O[C@@H]4C3)cc1Cl. The van der Waals surface area contributed by atoms with E-state index in [4.69, 9.17) is 16.3 Å². The molecule has 5 atom stereocenters. The highest BCUT2D eigenvalue weighted by atomic mass is 35.5. The fourth-order valence-electron chi connectivity index (χ4n) is 4.26. The van der Waals surface area contributed by atoms with E-state index >= 15 is 0 Å². The van der Waals surface area contributed by atoms with Crippen LogP contribution in [0.2, 0.25) is 5.02 Å². The molecule has 3 fully saturated rings. The smallest absolute Gasteiger partial charge is 0.310 e. The number of amides is 1. The van der Waals surface area contributed by atoms with Crippen molar-refractivity contribution in [2.24, 2.45) is 23.7 Å². The van der Waals surface area contributed by atoms with Gasteiger partial charge >= 0.3 is 5.97 Å². The van der Waals surface area contributed by atoms with Gasteiger partial charge in [-0.05, 0) is 43.4 Å². The molecule has 1 aromatic rings. The lowest BCUT2D eigenvalue weighted by Gasteiger charge is -2.23. The minimum Gasteiger partial charge on any atom is -0.462 e. The van der Waals surface area contributed by atoms with Gasteiger partial charge in [-0.15, -0.1) is 0 Å². The Balaban J connectivity index is 1.55. The number of benzene rings is 1. The number of carbonyl (C=O) groups excluding carboxylic acids is 2. The Kier molecular flexibility index (Phi) is 2.80. The fourth-order valence-corrected chi connectivity index (χ4v) is 4.44. The van der Waals surface area contributed by atoms with Crippen LogP contribution in [0.3, 0.4) is 0 Å². The summed E-state index contributed by atoms with van der Waals surface area (Å²) >= 11 is 6.08. The van der Waals surface area contributed by atoms with E-state index in [1.54, 1.807) is 6.07 Å². The summed E-state index contributed by atoms with van der Waals surface area (Å²) in [5.74, 6) is -0.231. The third-order valence-corrected chi connectivity index (χ3v) is 5.63. The van der Waals surface area contributed by atoms with Gasteiger partial charge in [-0.2, -0.15) is 0 Å². The number of hydrogen-bond donors (Lipinski definition) is 1. The lowest BCUT2D eigenvalue weighted by molar-refractivity contribution is -0.145. The van der Waals surface area contributed by atoms with Crippen molar-refractivity contribution in [2.75, 3.05) is 5.32 Å². The number of fused-ring (bicyclic) bond motifs is 1. The van der Waals surface area contributed by atoms with Gasteiger partial charge in [-0.3, -0.25) is 9.59 Å². The van der Waals surface area contributed by atoms with Gasteiger partial charge in [-0.1, -0.05) is 17.7 Å². The molecular weight excluding hydrogens is 290 g/mol. The maximum Gasteiger partial charge on any atom is 0.310 e. The van der Waals surface area contributed by atoms with Crippen LogP contribution in [0.25, 0.3) is 0 Å². The number of hydrogen-bond acceptors (Lipinski definition) is 3. The van der Waals surface area contributed by atoms with Crippen molar-refractivity contribution >= 4 is 29.2 Å². The second-order valence-corrected chi connectivity index (χ2v) is 6.78. The summed E-state index contributed by atoms with van der Waals surface area (Å²) in [5.41, 5.74) is 1.65. The van der Waals surface area contributed by atoms with E-state index in [0.717, 1.165) is 18.4 Å². The molecule has 0 unspecified atom stereocenters. The van der Waals surface area contributed by atoms with E-state index < -0.39 is 0 Å². The first kappa shape index (κ1) is 13.1. The lowest BCUT2D eigenvalue weighted by atomic mass is 9.79. The molecule has 110 valence electrons. The highest BCUT2D eigenvalue weighted by Crippen LogP contribution is 2.57. The molecule has 0 spiro atoms. The van der Waals surface area contributed by atoms with Gasteiger partial charge in [0.25, 0.3) is 0 Å². The van der Waals surface area contributed by atoms with Crippen LogP contribution in [0.15, 0.2) is 18.2 Å². The monoisotopic (exact) mass is 305 g/mol. The second-order valence-electron chi connectivity index (χ2n) is 6.38. The molecule has 5 heteroatoms. The van der Waals surface area contributed by atoms with E-state index in [9.17, 15) is 9.59 Å². The molecule has 2 bridgehead atoms. The van der Waals surface area contributed by atoms with Gasteiger partial charge in [0, 0.05) is 16.6 Å². The predicted octanol–water partition coefficient (Wildman–Crippen LogP) is 2.78. The van der Waals surface area contributed by atoms with E-state index in [1.807, 2.05) is 19.1 Å². The van der Waals surface area contributed by atoms with E-state index in [0.29, 0.717) is 10.7 Å². The summed E-state index contributed by atoms with van der Waals surface area (Å²) in [6.07, 6.45) is 1.83. The molecule has 1 N–H and O–H groups in total. The van der Waals surface area contributed by atoms with E-state index in [1.165, 1.54) is 0 Å². The number of nitrogens with one attached hydrogen (secondary N) is 1. The number of carbonyl (C=O) groups is 2. The summed E-state index contributed by atoms with van der Waals surface area (Å²) in [6, 6.07) is 5.46. The Morgan fingerprint density at radius 3 is 2.95 bits per heavy atom. The summed E-state index contributed by atoms with van der Waals surface area (Å²) < 4.78 is 5.36. The Bertz CT molecular complexity index is 642. The third kappa shape index (κ3) is 1.89. The molecule has 0 aromatic heterocycles. The van der Waals surface area contributed by atoms with Gasteiger partial charge in [0.1, 0.15) is 6.10 Å². The molecule has 21 heavy (non-hydrogen) atoms. The average molecular weight is 306 g/mol. The number of anilines is 1. The summed E-state index contributed by atoms with van der Waals surface area (Å²) in [7, 11) is 0. The Hall–Kier alpha value is -1.55. The van der Waals surface area contributed by atoms with Crippen LogP contribution in [0.1, 0.15) is 18.4 Å². The van der Waals surface area contributed by atoms with Crippen molar-refractivity contribution in [3.8, 4) is 0 Å². The topological polar surface area (TPSA) is 55.4 Å². The number of aryl methyl sites for hydroxylation is 1. The molecule has 2 aliphatic carbocycles. The van der Waals surface area contributed by atoms with Crippen molar-refractivity contribution in [1.82, 2.24) is 0 Å². The van der Waals surface area contributed by atoms with E-state index in [2.05, 4.69) is 5.32 Å². The van der Waals surface area contributed by atoms with Gasteiger partial charge in [0.2, 0.25) is 5.91 Å². The predicted molar refractivity (Wildman–Crippen MR) is 77.9 cm³/mol. The Labute approximate surface area is 127 Å². The second kappa shape index (κ2) is 4.47. The van der Waals surface area contributed by atoms with Crippen LogP contribution >= 0.6 is 11.6 Å². The zero-order valence-corrected chi connectivity index (χ0v) is 12.4. The van der Waals surface area contributed by atoms with Crippen molar-refractivity contribution in [3.63, 3.8) is 0 Å². The van der Waals surface area contributed by atoms with Crippen LogP contribution < -0.4 is 5.32 Å². The van der Waals surface area contributed by atoms with Crippen LogP contribution in [-0.2, 0) is 14.3 Å². The maximum absolute atomic E-state index is 12.6. The zero-order chi connectivity index (χ0) is 14.7. The van der Waals surface area contributed by atoms with Gasteiger partial charge in [0.15, 0.2) is 0 Å². The first-order valence-electron chi connectivity index (χ1n) is 7.32. The number of esters is 1. The summed E-state index contributed by atoms with van der Waals surface area (Å²) in [4.78, 5) is 24.5. The summed E-state index contributed by atoms with van der Waals surface area (Å²) in [6.45, 7) is 1.92. The highest BCUT2D eigenvalue weighted by Gasteiger charge is 2.63. The Morgan fingerprint density at radius 1 is 1.38 bits per heavy atom. The standard InChI is InChI=1S/C16H16ClNO3/c1-7-2-3-9(6-11(7)17)18-15(19)13-8-4-10-12(5-8)21-16(20)14(10)13/h2-3,6,8,10,12-14H,4-5H2,1H3,(H,18,19)/t8-,10+,12-,13-,14+/m1/s1. The lowest BCUT2D eigenvalue weighted by Crippen LogP contribution is -2.35. The molecule has 2 saturated carbocycles. The Morgan fingerprint density at radius 2 is 2.19 bits per heavy atom. The third-order valence-electron chi connectivity index (χ3n) is 5.23. The van der Waals surface area contributed by atoms with Crippen LogP contribution in [0.4, 0.5) is 5.69 Å². The van der Waals surface area contributed by atoms with Crippen molar-refractivity contribution < 1.29 is 14.3 Å². The summed E-state index contributed by atoms with van der Waals surface area (Å²) in [5, 5.41) is 3.53. The molecule has 3 aliphatic rings. The number of ether oxygens (including phenoxy) is 1. The van der Waals surface area contributed by atoms with E-state index in [-0.39, 0.29) is 41.7 Å². The van der Waals surface area contributed by atoms with Crippen LogP contribution in [-0.4, -0.2) is 18.0 Å². The minimum atomic E-state index is -0.249. The first-order chi connectivity index (χ1) is 10.0. The van der Waals surface area contributed by atoms with Crippen molar-refractivity contribution in [3.05, 3.63) is 28.8 Å². The maximum atomic E-state index is 12.6. The number of halogens is 1. The van der Waals surface area contributed by atoms with Crippen molar-refractivity contribution in [1.29, 1.82) is 0 Å². The molecular formula is C16H16ClNO3. The molecule has 4 nitrogen and oxygen atoms in total. The largest absolute Gasteiger partial charge is 0.462 e. The molecule has 1 heterocycles. The van der Waals surface area contributed by atoms with Crippen molar-refractivity contribution in [2.45, 2.75) is 25.9 Å². The quantitative estimate of drug-likeness (QED) is 0.855. The van der Waals surface area contributed by atoms with Gasteiger partial charge in [-0.25, -0.2) is 0 Å². The van der Waals surface area contributed by atoms with Gasteiger partial charge in [0.05, 0.1) is 11.8 Å². The van der Waals surface area contributed by atoms with Gasteiger partial charge < -0.3 is 10.1 Å². The van der Waals surface area contributed by atoms with Crippen LogP contribution in [0.5, 0.6) is 0 Å². The molecule has 0 radical (unpaired) electrons. The fraction of sp³-hybridized carbons (Fsp3) is 0.500. The average Bonchev–Trinajstić information content (AvgIpc) is 3.04. The zero-order valence-electron chi connectivity index (χ0n) is 11.6. The van der Waals surface area contributed by atoms with Crippen LogP contribution in [0, 0.1) is 30.6 Å². The minimum absolute atomic E-state index is 0.0605. The molecule has 1 amide bonds. The molecule has 4 rings (SSSR count). The number of rotatable bonds is 2. The molecule has 1 saturated heterocycles. The molecule has 1 aliphatic heterocycles. The first-order valence-corrected chi connectivity index (χ1v) is 7.70. The molecule has 1 aromatic carbocycles. The highest BCUT2D eigenvalue weighted by molar-refractivity contribution is 6.31. The normalized spacial score (nSPS) is 35.9.